The van der Waals surface area contributed by atoms with E-state index in [1.807, 2.05) is 17.2 Å². The van der Waals surface area contributed by atoms with Gasteiger partial charge in [0.1, 0.15) is 5.82 Å². The number of carbonyl (C=O) groups is 1. The highest BCUT2D eigenvalue weighted by Crippen LogP contribution is 2.29. The van der Waals surface area contributed by atoms with E-state index in [4.69, 9.17) is 4.52 Å². The molecule has 4 rings (SSSR count). The summed E-state index contributed by atoms with van der Waals surface area (Å²) in [5.74, 6) is 0.237. The highest BCUT2D eigenvalue weighted by Gasteiger charge is 2.27. The molecule has 3 aromatic rings. The summed E-state index contributed by atoms with van der Waals surface area (Å²) in [4.78, 5) is 23.0. The van der Waals surface area contributed by atoms with Crippen molar-refractivity contribution in [3.8, 4) is 11.5 Å². The number of rotatable bonds is 5. The Labute approximate surface area is 172 Å². The van der Waals surface area contributed by atoms with Crippen molar-refractivity contribution in [2.24, 2.45) is 5.92 Å². The van der Waals surface area contributed by atoms with Gasteiger partial charge in [-0.1, -0.05) is 5.16 Å². The Hall–Kier alpha value is -2.81. The summed E-state index contributed by atoms with van der Waals surface area (Å²) in [6.07, 6.45) is 1.62. The third-order valence-corrected chi connectivity index (χ3v) is 5.79. The molecule has 9 heteroatoms. The minimum absolute atomic E-state index is 0.0151. The van der Waals surface area contributed by atoms with E-state index in [-0.39, 0.29) is 17.6 Å². The van der Waals surface area contributed by atoms with Gasteiger partial charge in [0.05, 0.1) is 28.9 Å². The number of hydrogen-bond acceptors (Lipinski definition) is 7. The lowest BCUT2D eigenvalue weighted by molar-refractivity contribution is -0.125. The first-order chi connectivity index (χ1) is 14.0. The van der Waals surface area contributed by atoms with Crippen molar-refractivity contribution in [3.05, 3.63) is 45.9 Å². The van der Waals surface area contributed by atoms with Gasteiger partial charge >= 0.3 is 0 Å². The molecule has 0 radical (unpaired) electrons. The van der Waals surface area contributed by atoms with Crippen molar-refractivity contribution in [1.29, 1.82) is 0 Å². The third kappa shape index (κ3) is 4.45. The molecule has 1 saturated heterocycles. The van der Waals surface area contributed by atoms with E-state index in [0.29, 0.717) is 42.6 Å². The van der Waals surface area contributed by atoms with E-state index in [1.54, 1.807) is 30.4 Å². The van der Waals surface area contributed by atoms with E-state index < -0.39 is 0 Å². The molecule has 1 amide bonds. The summed E-state index contributed by atoms with van der Waals surface area (Å²) in [5, 5.41) is 9.62. The van der Waals surface area contributed by atoms with E-state index in [2.05, 4.69) is 20.4 Å². The zero-order chi connectivity index (χ0) is 20.4. The molecule has 0 bridgehead atoms. The molecule has 2 aromatic heterocycles. The second-order valence-corrected chi connectivity index (χ2v) is 8.24. The number of benzene rings is 1. The first kappa shape index (κ1) is 19.5. The van der Waals surface area contributed by atoms with Gasteiger partial charge in [-0.25, -0.2) is 9.37 Å². The molecule has 1 aliphatic rings. The molecule has 1 fully saturated rings. The van der Waals surface area contributed by atoms with Crippen molar-refractivity contribution >= 4 is 22.9 Å². The van der Waals surface area contributed by atoms with Crippen LogP contribution >= 0.6 is 11.3 Å². The van der Waals surface area contributed by atoms with Crippen LogP contribution in [0, 0.1) is 25.6 Å². The largest absolute Gasteiger partial charge is 0.368 e. The van der Waals surface area contributed by atoms with Gasteiger partial charge in [0.2, 0.25) is 5.91 Å². The molecule has 1 atom stereocenters. The lowest BCUT2D eigenvalue weighted by Gasteiger charge is -2.34. The van der Waals surface area contributed by atoms with Gasteiger partial charge in [0.15, 0.2) is 5.82 Å². The maximum Gasteiger partial charge on any atom is 0.258 e. The van der Waals surface area contributed by atoms with Gasteiger partial charge in [-0.3, -0.25) is 4.79 Å². The average molecular weight is 415 g/mol. The van der Waals surface area contributed by atoms with Gasteiger partial charge in [-0.15, -0.1) is 11.3 Å². The van der Waals surface area contributed by atoms with Crippen molar-refractivity contribution in [2.45, 2.75) is 33.2 Å². The zero-order valence-electron chi connectivity index (χ0n) is 16.3. The fourth-order valence-electron chi connectivity index (χ4n) is 3.53. The number of nitrogens with zero attached hydrogens (tertiary/aromatic N) is 4. The summed E-state index contributed by atoms with van der Waals surface area (Å²) < 4.78 is 19.9. The smallest absolute Gasteiger partial charge is 0.258 e. The number of nitrogens with one attached hydrogen (secondary N) is 1. The van der Waals surface area contributed by atoms with Crippen molar-refractivity contribution < 1.29 is 13.7 Å². The maximum absolute atomic E-state index is 14.8. The molecule has 0 spiro atoms. The van der Waals surface area contributed by atoms with Crippen LogP contribution in [0.5, 0.6) is 0 Å². The fraction of sp³-hybridized carbons (Fsp3) is 0.400. The van der Waals surface area contributed by atoms with Gasteiger partial charge in [-0.05, 0) is 44.9 Å². The standard InChI is InChI=1S/C20H22FN5O2S/c1-12-23-20(28-25-12)14-5-6-18(17(21)8-14)26-7-3-4-15(10-26)19(27)22-9-16-11-29-13(2)24-16/h5-6,8,11,15H,3-4,7,9-10H2,1-2H3,(H,22,27). The van der Waals surface area contributed by atoms with Crippen molar-refractivity contribution in [1.82, 2.24) is 20.4 Å². The molecule has 0 saturated carbocycles. The van der Waals surface area contributed by atoms with E-state index in [0.717, 1.165) is 23.5 Å². The molecule has 1 aromatic carbocycles. The molecule has 1 N–H and O–H groups in total. The van der Waals surface area contributed by atoms with Crippen LogP contribution < -0.4 is 10.2 Å². The summed E-state index contributed by atoms with van der Waals surface area (Å²) >= 11 is 1.56. The van der Waals surface area contributed by atoms with E-state index in [9.17, 15) is 9.18 Å². The highest BCUT2D eigenvalue weighted by atomic mass is 32.1. The summed E-state index contributed by atoms with van der Waals surface area (Å²) in [7, 11) is 0. The first-order valence-electron chi connectivity index (χ1n) is 9.53. The Bertz CT molecular complexity index is 1020. The summed E-state index contributed by atoms with van der Waals surface area (Å²) in [5.41, 5.74) is 1.89. The second kappa shape index (κ2) is 8.28. The minimum Gasteiger partial charge on any atom is -0.368 e. The fourth-order valence-corrected chi connectivity index (χ4v) is 4.14. The Morgan fingerprint density at radius 1 is 1.38 bits per heavy atom. The third-order valence-electron chi connectivity index (χ3n) is 4.97. The van der Waals surface area contributed by atoms with Crippen LogP contribution in [0.3, 0.4) is 0 Å². The first-order valence-corrected chi connectivity index (χ1v) is 10.4. The minimum atomic E-state index is -0.364. The molecule has 29 heavy (non-hydrogen) atoms. The lowest BCUT2D eigenvalue weighted by atomic mass is 9.96. The Balaban J connectivity index is 1.41. The van der Waals surface area contributed by atoms with Crippen LogP contribution in [0.2, 0.25) is 0 Å². The van der Waals surface area contributed by atoms with Crippen molar-refractivity contribution in [2.75, 3.05) is 18.0 Å². The van der Waals surface area contributed by atoms with Crippen LogP contribution in [0.1, 0.15) is 29.4 Å². The molecule has 3 heterocycles. The van der Waals surface area contributed by atoms with E-state index >= 15 is 0 Å². The molecular formula is C20H22FN5O2S. The number of amides is 1. The van der Waals surface area contributed by atoms with Gasteiger partial charge in [-0.2, -0.15) is 4.98 Å². The predicted molar refractivity (Wildman–Crippen MR) is 108 cm³/mol. The topological polar surface area (TPSA) is 84.2 Å². The molecule has 1 aliphatic heterocycles. The highest BCUT2D eigenvalue weighted by molar-refractivity contribution is 7.09. The zero-order valence-corrected chi connectivity index (χ0v) is 17.1. The number of hydrogen-bond donors (Lipinski definition) is 1. The van der Waals surface area contributed by atoms with E-state index in [1.165, 1.54) is 6.07 Å². The number of anilines is 1. The quantitative estimate of drug-likeness (QED) is 0.687. The number of piperidine rings is 1. The Kier molecular flexibility index (Phi) is 5.57. The second-order valence-electron chi connectivity index (χ2n) is 7.17. The Morgan fingerprint density at radius 3 is 2.93 bits per heavy atom. The number of aromatic nitrogens is 3. The van der Waals surface area contributed by atoms with Crippen LogP contribution in [0.4, 0.5) is 10.1 Å². The predicted octanol–water partition coefficient (Wildman–Crippen LogP) is 3.48. The van der Waals surface area contributed by atoms with Crippen LogP contribution in [-0.2, 0) is 11.3 Å². The molecular weight excluding hydrogens is 393 g/mol. The van der Waals surface area contributed by atoms with Gasteiger partial charge in [0, 0.05) is 24.0 Å². The number of thiazole rings is 1. The van der Waals surface area contributed by atoms with Crippen LogP contribution in [0.25, 0.3) is 11.5 Å². The number of carbonyl (C=O) groups excluding carboxylic acids is 1. The normalized spacial score (nSPS) is 16.8. The van der Waals surface area contributed by atoms with Crippen LogP contribution in [0.15, 0.2) is 28.1 Å². The number of aryl methyl sites for hydroxylation is 2. The molecule has 7 nitrogen and oxygen atoms in total. The monoisotopic (exact) mass is 415 g/mol. The molecule has 1 unspecified atom stereocenters. The van der Waals surface area contributed by atoms with Crippen molar-refractivity contribution in [3.63, 3.8) is 0 Å². The molecule has 152 valence electrons. The number of halogens is 1. The summed E-state index contributed by atoms with van der Waals surface area (Å²) in [6, 6.07) is 4.87. The molecule has 0 aliphatic carbocycles. The SMILES string of the molecule is Cc1noc(-c2ccc(N3CCCC(C(=O)NCc4csc(C)n4)C3)c(F)c2)n1. The van der Waals surface area contributed by atoms with Gasteiger partial charge < -0.3 is 14.7 Å². The maximum atomic E-state index is 14.8. The lowest BCUT2D eigenvalue weighted by Crippen LogP contribution is -2.43. The van der Waals surface area contributed by atoms with Crippen LogP contribution in [-0.4, -0.2) is 34.1 Å². The average Bonchev–Trinajstić information content (AvgIpc) is 3.34. The Morgan fingerprint density at radius 2 is 2.24 bits per heavy atom. The summed E-state index contributed by atoms with van der Waals surface area (Å²) in [6.45, 7) is 5.27. The van der Waals surface area contributed by atoms with Gasteiger partial charge in [0.25, 0.3) is 5.89 Å².